The number of hydrogen-bond donors (Lipinski definition) is 0. The van der Waals surface area contributed by atoms with Gasteiger partial charge in [-0.25, -0.2) is 0 Å². The lowest BCUT2D eigenvalue weighted by Crippen LogP contribution is -2.16. The monoisotopic (exact) mass is 244 g/mol. The molecule has 0 nitrogen and oxygen atoms in total. The van der Waals surface area contributed by atoms with Crippen LogP contribution in [-0.2, 0) is 5.41 Å². The first-order valence-corrected chi connectivity index (χ1v) is 7.15. The zero-order valence-electron chi connectivity index (χ0n) is 11.3. The van der Waals surface area contributed by atoms with E-state index in [-0.39, 0.29) is 0 Å². The van der Waals surface area contributed by atoms with Gasteiger partial charge < -0.3 is 0 Å². The Labute approximate surface area is 113 Å². The average Bonchev–Trinajstić information content (AvgIpc) is 3.10. The molecule has 92 valence electrons. The number of hydrogen-bond acceptors (Lipinski definition) is 0. The summed E-state index contributed by atoms with van der Waals surface area (Å²) in [6.07, 6.45) is 8.65. The molecule has 19 heavy (non-hydrogen) atoms. The molecule has 0 bridgehead atoms. The smallest absolute Gasteiger partial charge is 0.0217 e. The van der Waals surface area contributed by atoms with Crippen LogP contribution < -0.4 is 0 Å². The summed E-state index contributed by atoms with van der Waals surface area (Å²) in [5.74, 6) is 0.746. The van der Waals surface area contributed by atoms with E-state index in [1.54, 1.807) is 5.56 Å². The van der Waals surface area contributed by atoms with Crippen molar-refractivity contribution >= 4 is 22.4 Å². The van der Waals surface area contributed by atoms with Gasteiger partial charge in [0, 0.05) is 5.41 Å². The summed E-state index contributed by atoms with van der Waals surface area (Å²) in [6, 6.07) is 9.16. The van der Waals surface area contributed by atoms with Crippen LogP contribution >= 0.6 is 0 Å². The molecule has 2 atom stereocenters. The molecule has 1 fully saturated rings. The van der Waals surface area contributed by atoms with E-state index in [0.29, 0.717) is 5.41 Å². The van der Waals surface area contributed by atoms with Crippen LogP contribution in [-0.4, -0.2) is 0 Å². The molecule has 0 heteroatoms. The minimum absolute atomic E-state index is 0.342. The second-order valence-electron chi connectivity index (χ2n) is 6.42. The van der Waals surface area contributed by atoms with E-state index in [9.17, 15) is 0 Å². The summed E-state index contributed by atoms with van der Waals surface area (Å²) < 4.78 is 0. The quantitative estimate of drug-likeness (QED) is 0.621. The molecule has 2 aromatic carbocycles. The van der Waals surface area contributed by atoms with E-state index in [1.165, 1.54) is 39.5 Å². The average molecular weight is 244 g/mol. The molecular formula is C19H16. The molecule has 2 aromatic rings. The number of benzene rings is 2. The van der Waals surface area contributed by atoms with Gasteiger partial charge in [-0.05, 0) is 64.8 Å². The first-order chi connectivity index (χ1) is 9.21. The van der Waals surface area contributed by atoms with Crippen molar-refractivity contribution < 1.29 is 0 Å². The van der Waals surface area contributed by atoms with E-state index in [2.05, 4.69) is 56.3 Å². The normalized spacial score (nSPS) is 29.2. The van der Waals surface area contributed by atoms with Crippen molar-refractivity contribution in [1.29, 1.82) is 0 Å². The Kier molecular flexibility index (Phi) is 1.50. The summed E-state index contributed by atoms with van der Waals surface area (Å²) in [5, 5.41) is 2.93. The van der Waals surface area contributed by atoms with Crippen LogP contribution in [0.4, 0.5) is 0 Å². The van der Waals surface area contributed by atoms with Crippen molar-refractivity contribution in [2.24, 2.45) is 5.92 Å². The van der Waals surface area contributed by atoms with Gasteiger partial charge in [0.1, 0.15) is 0 Å². The molecule has 0 saturated heterocycles. The fourth-order valence-electron chi connectivity index (χ4n) is 4.28. The minimum atomic E-state index is 0.342. The van der Waals surface area contributed by atoms with E-state index in [4.69, 9.17) is 0 Å². The van der Waals surface area contributed by atoms with Crippen molar-refractivity contribution in [2.75, 3.05) is 0 Å². The van der Waals surface area contributed by atoms with Crippen LogP contribution in [0.3, 0.4) is 0 Å². The van der Waals surface area contributed by atoms with Gasteiger partial charge in [0.2, 0.25) is 0 Å². The van der Waals surface area contributed by atoms with Gasteiger partial charge in [0.15, 0.2) is 0 Å². The van der Waals surface area contributed by atoms with E-state index in [1.807, 2.05) is 0 Å². The predicted octanol–water partition coefficient (Wildman–Crippen LogP) is 4.85. The second-order valence-corrected chi connectivity index (χ2v) is 6.42. The van der Waals surface area contributed by atoms with Gasteiger partial charge in [0.25, 0.3) is 0 Å². The van der Waals surface area contributed by atoms with Crippen molar-refractivity contribution in [3.63, 3.8) is 0 Å². The molecule has 3 aliphatic rings. The maximum Gasteiger partial charge on any atom is 0.0217 e. The standard InChI is InChI=1S/C19H16/c1-11-3-4-13-5-6-16-12(2)9-14-10-19(14)8-7-15(11)17(13)18(16)19/h3-9,14H,10H2,1-2H3. The molecule has 1 spiro atoms. The summed E-state index contributed by atoms with van der Waals surface area (Å²) in [7, 11) is 0. The van der Waals surface area contributed by atoms with Gasteiger partial charge >= 0.3 is 0 Å². The van der Waals surface area contributed by atoms with E-state index < -0.39 is 0 Å². The van der Waals surface area contributed by atoms with Crippen molar-refractivity contribution in [3.05, 3.63) is 58.7 Å². The first kappa shape index (κ1) is 10.0. The van der Waals surface area contributed by atoms with Crippen LogP contribution in [0, 0.1) is 12.8 Å². The van der Waals surface area contributed by atoms with Gasteiger partial charge in [-0.1, -0.05) is 42.5 Å². The van der Waals surface area contributed by atoms with Crippen LogP contribution in [0.15, 0.2) is 36.4 Å². The fraction of sp³-hybridized carbons (Fsp3) is 0.263. The van der Waals surface area contributed by atoms with Gasteiger partial charge in [-0.2, -0.15) is 0 Å². The largest absolute Gasteiger partial charge is 0.0766 e. The summed E-state index contributed by atoms with van der Waals surface area (Å²) in [5.41, 5.74) is 7.76. The molecule has 0 radical (unpaired) electrons. The van der Waals surface area contributed by atoms with Crippen molar-refractivity contribution in [3.8, 4) is 0 Å². The maximum atomic E-state index is 2.49. The predicted molar refractivity (Wildman–Crippen MR) is 81.2 cm³/mol. The van der Waals surface area contributed by atoms with Gasteiger partial charge in [0.05, 0.1) is 0 Å². The lowest BCUT2D eigenvalue weighted by molar-refractivity contribution is 0.819. The Morgan fingerprint density at radius 2 is 1.95 bits per heavy atom. The summed E-state index contributed by atoms with van der Waals surface area (Å²) >= 11 is 0. The second kappa shape index (κ2) is 2.85. The Hall–Kier alpha value is -1.82. The maximum absolute atomic E-state index is 2.49. The van der Waals surface area contributed by atoms with Crippen LogP contribution in [0.25, 0.3) is 22.4 Å². The molecule has 0 aliphatic heterocycles. The van der Waals surface area contributed by atoms with Crippen molar-refractivity contribution in [1.82, 2.24) is 0 Å². The highest BCUT2D eigenvalue weighted by atomic mass is 14.6. The molecular weight excluding hydrogens is 228 g/mol. The van der Waals surface area contributed by atoms with E-state index in [0.717, 1.165) is 5.92 Å². The van der Waals surface area contributed by atoms with Crippen LogP contribution in [0.5, 0.6) is 0 Å². The third kappa shape index (κ3) is 0.995. The third-order valence-corrected chi connectivity index (χ3v) is 5.39. The number of rotatable bonds is 0. The molecule has 1 saturated carbocycles. The third-order valence-electron chi connectivity index (χ3n) is 5.39. The topological polar surface area (TPSA) is 0 Å². The zero-order chi connectivity index (χ0) is 12.8. The van der Waals surface area contributed by atoms with Crippen LogP contribution in [0.2, 0.25) is 0 Å². The first-order valence-electron chi connectivity index (χ1n) is 7.15. The zero-order valence-corrected chi connectivity index (χ0v) is 11.3. The Balaban J connectivity index is 2.06. The molecule has 0 heterocycles. The lowest BCUT2D eigenvalue weighted by Gasteiger charge is -2.29. The summed E-state index contributed by atoms with van der Waals surface area (Å²) in [4.78, 5) is 0. The van der Waals surface area contributed by atoms with Crippen LogP contribution in [0.1, 0.15) is 35.6 Å². The SMILES string of the molecule is CC1=CC2CC23C=Cc2c(C)ccc4ccc1c3c24. The highest BCUT2D eigenvalue weighted by Gasteiger charge is 2.56. The highest BCUT2D eigenvalue weighted by molar-refractivity contribution is 6.02. The van der Waals surface area contributed by atoms with E-state index >= 15 is 0 Å². The number of allylic oxidation sites excluding steroid dienone is 3. The lowest BCUT2D eigenvalue weighted by atomic mass is 9.75. The Morgan fingerprint density at radius 3 is 2.84 bits per heavy atom. The fourth-order valence-corrected chi connectivity index (χ4v) is 4.28. The number of aryl methyl sites for hydroxylation is 1. The highest BCUT2D eigenvalue weighted by Crippen LogP contribution is 2.64. The van der Waals surface area contributed by atoms with Crippen molar-refractivity contribution in [2.45, 2.75) is 25.7 Å². The molecule has 0 amide bonds. The molecule has 2 unspecified atom stereocenters. The van der Waals surface area contributed by atoms with Gasteiger partial charge in [-0.3, -0.25) is 0 Å². The molecule has 5 rings (SSSR count). The van der Waals surface area contributed by atoms with Gasteiger partial charge in [-0.15, -0.1) is 0 Å². The molecule has 3 aliphatic carbocycles. The summed E-state index contributed by atoms with van der Waals surface area (Å²) in [6.45, 7) is 4.50. The Morgan fingerprint density at radius 1 is 1.11 bits per heavy atom. The molecule has 0 aromatic heterocycles. The molecule has 0 N–H and O–H groups in total. The Bertz CT molecular complexity index is 820. The minimum Gasteiger partial charge on any atom is -0.0766 e.